The van der Waals surface area contributed by atoms with Gasteiger partial charge < -0.3 is 10.4 Å². The lowest BCUT2D eigenvalue weighted by atomic mass is 9.93. The quantitative estimate of drug-likeness (QED) is 0.613. The third kappa shape index (κ3) is 4.88. The number of nitrogens with one attached hydrogen (secondary N) is 1. The number of carbonyl (C=O) groups is 1. The molecule has 78 valence electrons. The predicted molar refractivity (Wildman–Crippen MR) is 53.3 cm³/mol. The Morgan fingerprint density at radius 1 is 1.31 bits per heavy atom. The first-order chi connectivity index (χ1) is 5.99. The first-order valence-electron chi connectivity index (χ1n) is 4.86. The van der Waals surface area contributed by atoms with Gasteiger partial charge in [0.15, 0.2) is 0 Å². The molecule has 0 saturated carbocycles. The van der Waals surface area contributed by atoms with Crippen molar-refractivity contribution in [1.82, 2.24) is 5.32 Å². The van der Waals surface area contributed by atoms with Crippen LogP contribution >= 0.6 is 0 Å². The van der Waals surface area contributed by atoms with Crippen molar-refractivity contribution in [3.05, 3.63) is 0 Å². The van der Waals surface area contributed by atoms with Crippen LogP contribution in [0.1, 0.15) is 34.1 Å². The zero-order chi connectivity index (χ0) is 10.4. The molecule has 0 aliphatic rings. The third-order valence-electron chi connectivity index (χ3n) is 2.10. The van der Waals surface area contributed by atoms with Crippen molar-refractivity contribution in [2.24, 2.45) is 11.8 Å². The summed E-state index contributed by atoms with van der Waals surface area (Å²) in [5.74, 6) is 0.655. The minimum atomic E-state index is -0.451. The van der Waals surface area contributed by atoms with Gasteiger partial charge in [-0.3, -0.25) is 4.79 Å². The lowest BCUT2D eigenvalue weighted by Gasteiger charge is -2.26. The lowest BCUT2D eigenvalue weighted by Crippen LogP contribution is -2.42. The van der Waals surface area contributed by atoms with Crippen molar-refractivity contribution < 1.29 is 9.90 Å². The molecule has 0 bridgehead atoms. The molecule has 2 atom stereocenters. The number of carbonyl (C=O) groups excluding carboxylic acids is 1. The molecule has 0 aromatic carbocycles. The molecule has 2 unspecified atom stereocenters. The van der Waals surface area contributed by atoms with Gasteiger partial charge in [-0.05, 0) is 18.3 Å². The Bertz CT molecular complexity index is 146. The Kier molecular flexibility index (Phi) is 5.71. The molecule has 3 nitrogen and oxygen atoms in total. The summed E-state index contributed by atoms with van der Waals surface area (Å²) >= 11 is 0. The Labute approximate surface area is 80.5 Å². The molecule has 0 aliphatic heterocycles. The maximum absolute atomic E-state index is 10.3. The van der Waals surface area contributed by atoms with E-state index in [2.05, 4.69) is 19.2 Å². The van der Waals surface area contributed by atoms with Crippen LogP contribution in [0.15, 0.2) is 0 Å². The number of hydrogen-bond acceptors (Lipinski definition) is 2. The highest BCUT2D eigenvalue weighted by atomic mass is 16.3. The first-order valence-corrected chi connectivity index (χ1v) is 4.86. The normalized spacial score (nSPS) is 15.9. The van der Waals surface area contributed by atoms with Crippen molar-refractivity contribution in [2.45, 2.75) is 46.3 Å². The molecule has 1 amide bonds. The van der Waals surface area contributed by atoms with Crippen LogP contribution in [0.5, 0.6) is 0 Å². The van der Waals surface area contributed by atoms with Crippen LogP contribution in [-0.2, 0) is 4.79 Å². The van der Waals surface area contributed by atoms with Gasteiger partial charge in [0.05, 0.1) is 12.1 Å². The van der Waals surface area contributed by atoms with Crippen LogP contribution in [0.3, 0.4) is 0 Å². The molecule has 0 rings (SSSR count). The van der Waals surface area contributed by atoms with E-state index < -0.39 is 6.10 Å². The van der Waals surface area contributed by atoms with Crippen LogP contribution in [0.2, 0.25) is 0 Å². The van der Waals surface area contributed by atoms with Crippen molar-refractivity contribution in [1.29, 1.82) is 0 Å². The van der Waals surface area contributed by atoms with E-state index >= 15 is 0 Å². The van der Waals surface area contributed by atoms with E-state index in [1.165, 1.54) is 0 Å². The number of amides is 1. The van der Waals surface area contributed by atoms with Crippen molar-refractivity contribution in [3.63, 3.8) is 0 Å². The van der Waals surface area contributed by atoms with Gasteiger partial charge in [-0.25, -0.2) is 0 Å². The van der Waals surface area contributed by atoms with E-state index in [1.54, 1.807) is 0 Å². The van der Waals surface area contributed by atoms with Gasteiger partial charge in [0, 0.05) is 0 Å². The number of hydrogen-bond donors (Lipinski definition) is 2. The number of aliphatic hydroxyl groups excluding tert-OH is 1. The van der Waals surface area contributed by atoms with Gasteiger partial charge >= 0.3 is 0 Å². The van der Waals surface area contributed by atoms with E-state index in [1.807, 2.05) is 13.8 Å². The smallest absolute Gasteiger partial charge is 0.207 e. The average molecular weight is 187 g/mol. The summed E-state index contributed by atoms with van der Waals surface area (Å²) in [4.78, 5) is 10.3. The molecular formula is C10H21NO2. The SMILES string of the molecule is CC(C)CC(NC=O)C(O)C(C)C. The standard InChI is InChI=1S/C10H21NO2/c1-7(2)5-9(11-6-12)10(13)8(3)4/h6-10,13H,5H2,1-4H3,(H,11,12). The molecule has 0 aromatic heterocycles. The summed E-state index contributed by atoms with van der Waals surface area (Å²) in [7, 11) is 0. The van der Waals surface area contributed by atoms with Crippen molar-refractivity contribution in [2.75, 3.05) is 0 Å². The van der Waals surface area contributed by atoms with Gasteiger partial charge in [0.1, 0.15) is 0 Å². The van der Waals surface area contributed by atoms with Gasteiger partial charge in [-0.15, -0.1) is 0 Å². The second-order valence-corrected chi connectivity index (χ2v) is 4.26. The second-order valence-electron chi connectivity index (χ2n) is 4.26. The molecular weight excluding hydrogens is 166 g/mol. The molecule has 0 fully saturated rings. The molecule has 0 saturated heterocycles. The van der Waals surface area contributed by atoms with E-state index in [9.17, 15) is 9.90 Å². The van der Waals surface area contributed by atoms with E-state index in [4.69, 9.17) is 0 Å². The molecule has 3 heteroatoms. The molecule has 0 aromatic rings. The molecule has 0 spiro atoms. The maximum atomic E-state index is 10.3. The highest BCUT2D eigenvalue weighted by molar-refractivity contribution is 5.46. The highest BCUT2D eigenvalue weighted by Gasteiger charge is 2.22. The Balaban J connectivity index is 4.13. The number of rotatable bonds is 6. The zero-order valence-electron chi connectivity index (χ0n) is 8.95. The van der Waals surface area contributed by atoms with Crippen molar-refractivity contribution >= 4 is 6.41 Å². The zero-order valence-corrected chi connectivity index (χ0v) is 8.95. The fourth-order valence-electron chi connectivity index (χ4n) is 1.37. The topological polar surface area (TPSA) is 49.3 Å². The minimum absolute atomic E-state index is 0.113. The Hall–Kier alpha value is -0.570. The molecule has 2 N–H and O–H groups in total. The molecule has 0 heterocycles. The molecule has 13 heavy (non-hydrogen) atoms. The Morgan fingerprint density at radius 3 is 2.15 bits per heavy atom. The van der Waals surface area contributed by atoms with E-state index in [-0.39, 0.29) is 12.0 Å². The number of aliphatic hydroxyl groups is 1. The fourth-order valence-corrected chi connectivity index (χ4v) is 1.37. The second kappa shape index (κ2) is 5.97. The summed E-state index contributed by atoms with van der Waals surface area (Å²) in [5.41, 5.74) is 0. The van der Waals surface area contributed by atoms with E-state index in [0.717, 1.165) is 6.42 Å². The van der Waals surface area contributed by atoms with Crippen molar-refractivity contribution in [3.8, 4) is 0 Å². The predicted octanol–water partition coefficient (Wildman–Crippen LogP) is 1.16. The maximum Gasteiger partial charge on any atom is 0.207 e. The third-order valence-corrected chi connectivity index (χ3v) is 2.10. The van der Waals surface area contributed by atoms with Crippen LogP contribution < -0.4 is 5.32 Å². The summed E-state index contributed by atoms with van der Waals surface area (Å²) in [5, 5.41) is 12.4. The monoisotopic (exact) mass is 187 g/mol. The highest BCUT2D eigenvalue weighted by Crippen LogP contribution is 2.13. The lowest BCUT2D eigenvalue weighted by molar-refractivity contribution is -0.111. The van der Waals surface area contributed by atoms with Crippen LogP contribution in [0, 0.1) is 11.8 Å². The largest absolute Gasteiger partial charge is 0.391 e. The minimum Gasteiger partial charge on any atom is -0.391 e. The first kappa shape index (κ1) is 12.4. The summed E-state index contributed by atoms with van der Waals surface area (Å²) < 4.78 is 0. The molecule has 0 aliphatic carbocycles. The summed E-state index contributed by atoms with van der Waals surface area (Å²) in [6.07, 6.45) is 1.03. The van der Waals surface area contributed by atoms with Gasteiger partial charge in [-0.1, -0.05) is 27.7 Å². The molecule has 0 radical (unpaired) electrons. The average Bonchev–Trinajstić information content (AvgIpc) is 2.01. The van der Waals surface area contributed by atoms with Gasteiger partial charge in [0.25, 0.3) is 0 Å². The van der Waals surface area contributed by atoms with Crippen LogP contribution in [0.4, 0.5) is 0 Å². The van der Waals surface area contributed by atoms with Gasteiger partial charge in [-0.2, -0.15) is 0 Å². The van der Waals surface area contributed by atoms with Crippen LogP contribution in [-0.4, -0.2) is 23.7 Å². The Morgan fingerprint density at radius 2 is 1.85 bits per heavy atom. The van der Waals surface area contributed by atoms with Gasteiger partial charge in [0.2, 0.25) is 6.41 Å². The summed E-state index contributed by atoms with van der Waals surface area (Å²) in [6.45, 7) is 8.05. The van der Waals surface area contributed by atoms with Crippen LogP contribution in [0.25, 0.3) is 0 Å². The van der Waals surface area contributed by atoms with E-state index in [0.29, 0.717) is 12.3 Å². The fraction of sp³-hybridized carbons (Fsp3) is 0.900. The summed E-state index contributed by atoms with van der Waals surface area (Å²) in [6, 6.07) is -0.113.